The first-order chi connectivity index (χ1) is 9.28. The molecule has 2 nitrogen and oxygen atoms in total. The van der Waals surface area contributed by atoms with Gasteiger partial charge in [-0.05, 0) is 30.4 Å². The van der Waals surface area contributed by atoms with Crippen LogP contribution in [0, 0.1) is 5.41 Å². The van der Waals surface area contributed by atoms with Crippen molar-refractivity contribution in [2.45, 2.75) is 26.3 Å². The van der Waals surface area contributed by atoms with Gasteiger partial charge in [-0.1, -0.05) is 53.2 Å². The molecular weight excluding hydrogens is 302 g/mol. The molecule has 1 saturated heterocycles. The summed E-state index contributed by atoms with van der Waals surface area (Å²) < 4.78 is 5.52. The van der Waals surface area contributed by atoms with Crippen LogP contribution in [0.3, 0.4) is 0 Å². The predicted molar refractivity (Wildman–Crippen MR) is 83.7 cm³/mol. The Hall–Kier alpha value is -0.380. The molecule has 0 amide bonds. The SMILES string of the molecule is CCN(Cc1ccccc1)CC1(CBr)CCOCC1. The summed E-state index contributed by atoms with van der Waals surface area (Å²) in [5.41, 5.74) is 1.80. The zero-order valence-electron chi connectivity index (χ0n) is 11.8. The Bertz CT molecular complexity index is 362. The van der Waals surface area contributed by atoms with Crippen molar-refractivity contribution >= 4 is 15.9 Å². The van der Waals surface area contributed by atoms with Crippen LogP contribution in [0.1, 0.15) is 25.3 Å². The van der Waals surface area contributed by atoms with Crippen molar-refractivity contribution in [3.63, 3.8) is 0 Å². The van der Waals surface area contributed by atoms with Gasteiger partial charge in [-0.2, -0.15) is 0 Å². The van der Waals surface area contributed by atoms with Crippen LogP contribution in [0.25, 0.3) is 0 Å². The predicted octanol–water partition coefficient (Wildman–Crippen LogP) is 3.70. The van der Waals surface area contributed by atoms with Crippen LogP contribution >= 0.6 is 15.9 Å². The molecule has 0 unspecified atom stereocenters. The van der Waals surface area contributed by atoms with Crippen molar-refractivity contribution < 1.29 is 4.74 Å². The molecule has 1 aromatic carbocycles. The normalized spacial score (nSPS) is 18.7. The fraction of sp³-hybridized carbons (Fsp3) is 0.625. The maximum absolute atomic E-state index is 5.52. The molecule has 0 radical (unpaired) electrons. The zero-order chi connectivity index (χ0) is 13.6. The number of hydrogen-bond acceptors (Lipinski definition) is 2. The third-order valence-electron chi connectivity index (χ3n) is 4.09. The third kappa shape index (κ3) is 4.30. The average molecular weight is 326 g/mol. The molecular formula is C16H24BrNO. The molecule has 106 valence electrons. The van der Waals surface area contributed by atoms with Crippen LogP contribution in [0.2, 0.25) is 0 Å². The van der Waals surface area contributed by atoms with Gasteiger partial charge in [-0.25, -0.2) is 0 Å². The van der Waals surface area contributed by atoms with E-state index in [4.69, 9.17) is 4.74 Å². The Labute approximate surface area is 125 Å². The summed E-state index contributed by atoms with van der Waals surface area (Å²) in [5, 5.41) is 1.08. The van der Waals surface area contributed by atoms with Crippen LogP contribution < -0.4 is 0 Å². The lowest BCUT2D eigenvalue weighted by molar-refractivity contribution is 0.00764. The number of rotatable bonds is 6. The van der Waals surface area contributed by atoms with Crippen molar-refractivity contribution in [1.29, 1.82) is 0 Å². The van der Waals surface area contributed by atoms with Gasteiger partial charge in [0.05, 0.1) is 0 Å². The topological polar surface area (TPSA) is 12.5 Å². The highest BCUT2D eigenvalue weighted by Gasteiger charge is 2.33. The molecule has 3 heteroatoms. The molecule has 19 heavy (non-hydrogen) atoms. The van der Waals surface area contributed by atoms with Crippen molar-refractivity contribution in [3.05, 3.63) is 35.9 Å². The maximum Gasteiger partial charge on any atom is 0.0472 e. The highest BCUT2D eigenvalue weighted by atomic mass is 79.9. The highest BCUT2D eigenvalue weighted by Crippen LogP contribution is 2.33. The van der Waals surface area contributed by atoms with Crippen molar-refractivity contribution in [2.75, 3.05) is 31.6 Å². The van der Waals surface area contributed by atoms with Gasteiger partial charge in [-0.3, -0.25) is 4.90 Å². The maximum atomic E-state index is 5.52. The van der Waals surface area contributed by atoms with Gasteiger partial charge in [0.2, 0.25) is 0 Å². The minimum atomic E-state index is 0.392. The van der Waals surface area contributed by atoms with Gasteiger partial charge >= 0.3 is 0 Å². The molecule has 0 aromatic heterocycles. The van der Waals surface area contributed by atoms with Gasteiger partial charge in [0.15, 0.2) is 0 Å². The van der Waals surface area contributed by atoms with Gasteiger partial charge in [0.1, 0.15) is 0 Å². The molecule has 0 aliphatic carbocycles. The van der Waals surface area contributed by atoms with Gasteiger partial charge in [0, 0.05) is 31.6 Å². The fourth-order valence-electron chi connectivity index (χ4n) is 2.73. The van der Waals surface area contributed by atoms with Crippen LogP contribution in [0.5, 0.6) is 0 Å². The number of nitrogens with zero attached hydrogens (tertiary/aromatic N) is 1. The lowest BCUT2D eigenvalue weighted by Gasteiger charge is -2.39. The lowest BCUT2D eigenvalue weighted by atomic mass is 9.81. The van der Waals surface area contributed by atoms with Crippen molar-refractivity contribution in [1.82, 2.24) is 4.90 Å². The Morgan fingerprint density at radius 2 is 1.89 bits per heavy atom. The number of hydrogen-bond donors (Lipinski definition) is 0. The second-order valence-corrected chi connectivity index (χ2v) is 6.10. The quantitative estimate of drug-likeness (QED) is 0.739. The Morgan fingerprint density at radius 3 is 2.47 bits per heavy atom. The molecule has 1 aliphatic rings. The van der Waals surface area contributed by atoms with E-state index in [1.807, 2.05) is 0 Å². The van der Waals surface area contributed by atoms with E-state index >= 15 is 0 Å². The van der Waals surface area contributed by atoms with Crippen molar-refractivity contribution in [3.8, 4) is 0 Å². The zero-order valence-corrected chi connectivity index (χ0v) is 13.4. The van der Waals surface area contributed by atoms with E-state index in [2.05, 4.69) is 58.1 Å². The van der Waals surface area contributed by atoms with E-state index in [0.717, 1.165) is 38.2 Å². The summed E-state index contributed by atoms with van der Waals surface area (Å²) in [6, 6.07) is 10.8. The smallest absolute Gasteiger partial charge is 0.0472 e. The van der Waals surface area contributed by atoms with E-state index in [1.165, 1.54) is 18.4 Å². The molecule has 1 heterocycles. The van der Waals surface area contributed by atoms with E-state index in [0.29, 0.717) is 5.41 Å². The molecule has 1 aliphatic heterocycles. The van der Waals surface area contributed by atoms with E-state index in [9.17, 15) is 0 Å². The molecule has 1 fully saturated rings. The molecule has 0 spiro atoms. The van der Waals surface area contributed by atoms with Gasteiger partial charge < -0.3 is 4.74 Å². The van der Waals surface area contributed by atoms with Gasteiger partial charge in [-0.15, -0.1) is 0 Å². The monoisotopic (exact) mass is 325 g/mol. The number of ether oxygens (including phenoxy) is 1. The molecule has 0 atom stereocenters. The second kappa shape index (κ2) is 7.41. The lowest BCUT2D eigenvalue weighted by Crippen LogP contribution is -2.42. The summed E-state index contributed by atoms with van der Waals surface area (Å²) in [6.45, 7) is 7.39. The molecule has 1 aromatic rings. The van der Waals surface area contributed by atoms with Crippen LogP contribution in [0.15, 0.2) is 30.3 Å². The minimum Gasteiger partial charge on any atom is -0.381 e. The first kappa shape index (κ1) is 15.0. The summed E-state index contributed by atoms with van der Waals surface area (Å²) in [6.07, 6.45) is 2.34. The molecule has 0 bridgehead atoms. The van der Waals surface area contributed by atoms with Crippen LogP contribution in [-0.4, -0.2) is 36.5 Å². The molecule has 0 saturated carbocycles. The van der Waals surface area contributed by atoms with Gasteiger partial charge in [0.25, 0.3) is 0 Å². The van der Waals surface area contributed by atoms with E-state index in [1.54, 1.807) is 0 Å². The van der Waals surface area contributed by atoms with Crippen LogP contribution in [0.4, 0.5) is 0 Å². The summed E-state index contributed by atoms with van der Waals surface area (Å²) >= 11 is 3.73. The summed E-state index contributed by atoms with van der Waals surface area (Å²) in [5.74, 6) is 0. The van der Waals surface area contributed by atoms with Crippen LogP contribution in [-0.2, 0) is 11.3 Å². The molecule has 2 rings (SSSR count). The fourth-order valence-corrected chi connectivity index (χ4v) is 3.47. The number of alkyl halides is 1. The first-order valence-electron chi connectivity index (χ1n) is 7.18. The Balaban J connectivity index is 1.97. The third-order valence-corrected chi connectivity index (χ3v) is 5.28. The standard InChI is InChI=1S/C16H24BrNO/c1-2-18(12-15-6-4-3-5-7-15)14-16(13-17)8-10-19-11-9-16/h3-7H,2,8-14H2,1H3. The summed E-state index contributed by atoms with van der Waals surface area (Å²) in [7, 11) is 0. The molecule has 0 N–H and O–H groups in total. The number of benzene rings is 1. The minimum absolute atomic E-state index is 0.392. The van der Waals surface area contributed by atoms with E-state index in [-0.39, 0.29) is 0 Å². The highest BCUT2D eigenvalue weighted by molar-refractivity contribution is 9.09. The summed E-state index contributed by atoms with van der Waals surface area (Å²) in [4.78, 5) is 2.56. The second-order valence-electron chi connectivity index (χ2n) is 5.53. The Morgan fingerprint density at radius 1 is 1.21 bits per heavy atom. The van der Waals surface area contributed by atoms with E-state index < -0.39 is 0 Å². The Kier molecular flexibility index (Phi) is 5.86. The largest absolute Gasteiger partial charge is 0.381 e. The van der Waals surface area contributed by atoms with Crippen molar-refractivity contribution in [2.24, 2.45) is 5.41 Å². The average Bonchev–Trinajstić information content (AvgIpc) is 2.48. The first-order valence-corrected chi connectivity index (χ1v) is 8.30. The number of halogens is 1.